The molecule has 0 rings (SSSR count). The van der Waals surface area contributed by atoms with E-state index in [1.165, 1.54) is 0 Å². The van der Waals surface area contributed by atoms with Gasteiger partial charge in [-0.05, 0) is 13.0 Å². The molecule has 0 radical (unpaired) electrons. The zero-order valence-electron chi connectivity index (χ0n) is 8.55. The Kier molecular flexibility index (Phi) is 5.60. The summed E-state index contributed by atoms with van der Waals surface area (Å²) in [5, 5.41) is 2.97. The maximum atomic E-state index is 11.4. The first-order valence-corrected chi connectivity index (χ1v) is 4.41. The fourth-order valence-corrected chi connectivity index (χ4v) is 1.08. The fraction of sp³-hybridized carbons (Fsp3) is 0.364. The lowest BCUT2D eigenvalue weighted by Gasteiger charge is -2.08. The lowest BCUT2D eigenvalue weighted by molar-refractivity contribution is -0.115. The molecule has 0 atom stereocenters. The van der Waals surface area contributed by atoms with Crippen LogP contribution in [0.15, 0.2) is 36.1 Å². The molecule has 0 aliphatic carbocycles. The maximum absolute atomic E-state index is 11.4. The molecule has 0 saturated heterocycles. The molecule has 0 saturated carbocycles. The average molecular weight is 179 g/mol. The summed E-state index contributed by atoms with van der Waals surface area (Å²) in [6, 6.07) is 0. The number of nitrogens with one attached hydrogen (secondary N) is 1. The molecular formula is C11H17NO. The Morgan fingerprint density at radius 3 is 2.46 bits per heavy atom. The lowest BCUT2D eigenvalue weighted by atomic mass is 10.1. The van der Waals surface area contributed by atoms with Crippen molar-refractivity contribution >= 4 is 5.78 Å². The number of carbonyl (C=O) groups is 1. The normalized spacial score (nSPS) is 12.5. The van der Waals surface area contributed by atoms with Crippen LogP contribution in [0.5, 0.6) is 0 Å². The van der Waals surface area contributed by atoms with Crippen LogP contribution in [-0.2, 0) is 4.79 Å². The van der Waals surface area contributed by atoms with Gasteiger partial charge in [-0.3, -0.25) is 4.79 Å². The Morgan fingerprint density at radius 1 is 1.54 bits per heavy atom. The summed E-state index contributed by atoms with van der Waals surface area (Å²) in [6.07, 6.45) is 5.80. The second-order valence-electron chi connectivity index (χ2n) is 2.55. The SMILES string of the molecule is C=C/C=C(NC)\C(=C/C)C(=O)CC. The molecule has 0 unspecified atom stereocenters. The minimum Gasteiger partial charge on any atom is -0.388 e. The molecule has 0 spiro atoms. The van der Waals surface area contributed by atoms with Crippen molar-refractivity contribution in [2.45, 2.75) is 20.3 Å². The van der Waals surface area contributed by atoms with Gasteiger partial charge in [-0.1, -0.05) is 25.7 Å². The van der Waals surface area contributed by atoms with E-state index in [2.05, 4.69) is 11.9 Å². The smallest absolute Gasteiger partial charge is 0.164 e. The van der Waals surface area contributed by atoms with Gasteiger partial charge < -0.3 is 5.32 Å². The Morgan fingerprint density at radius 2 is 2.15 bits per heavy atom. The number of ketones is 1. The molecule has 2 nitrogen and oxygen atoms in total. The quantitative estimate of drug-likeness (QED) is 0.518. The molecule has 1 N–H and O–H groups in total. The number of Topliss-reactive ketones (excluding diaryl/α,β-unsaturated/α-hetero) is 1. The van der Waals surface area contributed by atoms with Crippen LogP contribution in [0.2, 0.25) is 0 Å². The highest BCUT2D eigenvalue weighted by Crippen LogP contribution is 2.09. The van der Waals surface area contributed by atoms with E-state index in [9.17, 15) is 4.79 Å². The third-order valence-electron chi connectivity index (χ3n) is 1.75. The van der Waals surface area contributed by atoms with Gasteiger partial charge in [-0.25, -0.2) is 0 Å². The molecule has 0 aromatic carbocycles. The van der Waals surface area contributed by atoms with Crippen molar-refractivity contribution in [3.8, 4) is 0 Å². The lowest BCUT2D eigenvalue weighted by Crippen LogP contribution is -2.14. The Hall–Kier alpha value is -1.31. The van der Waals surface area contributed by atoms with Gasteiger partial charge >= 0.3 is 0 Å². The van der Waals surface area contributed by atoms with Gasteiger partial charge in [0, 0.05) is 24.7 Å². The van der Waals surface area contributed by atoms with Gasteiger partial charge in [0.25, 0.3) is 0 Å². The fourth-order valence-electron chi connectivity index (χ4n) is 1.08. The minimum absolute atomic E-state index is 0.143. The van der Waals surface area contributed by atoms with Crippen molar-refractivity contribution in [1.29, 1.82) is 0 Å². The van der Waals surface area contributed by atoms with Crippen molar-refractivity contribution in [3.05, 3.63) is 36.1 Å². The van der Waals surface area contributed by atoms with Crippen LogP contribution in [0.1, 0.15) is 20.3 Å². The summed E-state index contributed by atoms with van der Waals surface area (Å²) >= 11 is 0. The molecule has 0 bridgehead atoms. The van der Waals surface area contributed by atoms with Crippen molar-refractivity contribution in [2.24, 2.45) is 0 Å². The van der Waals surface area contributed by atoms with Gasteiger partial charge in [0.2, 0.25) is 0 Å². The molecule has 13 heavy (non-hydrogen) atoms. The maximum Gasteiger partial charge on any atom is 0.164 e. The Labute approximate surface area is 80.0 Å². The third kappa shape index (κ3) is 3.28. The molecule has 0 amide bonds. The van der Waals surface area contributed by atoms with Gasteiger partial charge in [0.1, 0.15) is 0 Å². The predicted molar refractivity (Wildman–Crippen MR) is 56.4 cm³/mol. The van der Waals surface area contributed by atoms with E-state index in [1.54, 1.807) is 19.2 Å². The number of hydrogen-bond acceptors (Lipinski definition) is 2. The number of rotatable bonds is 5. The minimum atomic E-state index is 0.143. The van der Waals surface area contributed by atoms with Gasteiger partial charge in [-0.2, -0.15) is 0 Å². The predicted octanol–water partition coefficient (Wildman–Crippen LogP) is 2.20. The van der Waals surface area contributed by atoms with E-state index in [4.69, 9.17) is 0 Å². The van der Waals surface area contributed by atoms with E-state index in [1.807, 2.05) is 19.9 Å². The molecule has 0 aliphatic rings. The first-order valence-electron chi connectivity index (χ1n) is 4.41. The summed E-state index contributed by atoms with van der Waals surface area (Å²) in [5.74, 6) is 0.143. The van der Waals surface area contributed by atoms with E-state index in [0.717, 1.165) is 11.3 Å². The number of likely N-dealkylation sites (N-methyl/N-ethyl adjacent to an activating group) is 1. The number of allylic oxidation sites excluding steroid dienone is 4. The van der Waals surface area contributed by atoms with Crippen LogP contribution in [-0.4, -0.2) is 12.8 Å². The summed E-state index contributed by atoms with van der Waals surface area (Å²) in [4.78, 5) is 11.4. The van der Waals surface area contributed by atoms with Gasteiger partial charge in [-0.15, -0.1) is 0 Å². The zero-order chi connectivity index (χ0) is 10.3. The molecule has 0 aliphatic heterocycles. The second kappa shape index (κ2) is 6.23. The van der Waals surface area contributed by atoms with Crippen LogP contribution in [0.3, 0.4) is 0 Å². The zero-order valence-corrected chi connectivity index (χ0v) is 8.55. The molecule has 0 heterocycles. The van der Waals surface area contributed by atoms with E-state index >= 15 is 0 Å². The monoisotopic (exact) mass is 179 g/mol. The first kappa shape index (κ1) is 11.7. The first-order chi connectivity index (χ1) is 6.21. The molecule has 72 valence electrons. The highest BCUT2D eigenvalue weighted by Gasteiger charge is 2.09. The average Bonchev–Trinajstić information content (AvgIpc) is 2.17. The number of hydrogen-bond donors (Lipinski definition) is 1. The summed E-state index contributed by atoms with van der Waals surface area (Å²) in [6.45, 7) is 7.31. The molecule has 0 fully saturated rings. The van der Waals surface area contributed by atoms with Crippen molar-refractivity contribution in [3.63, 3.8) is 0 Å². The second-order valence-corrected chi connectivity index (χ2v) is 2.55. The molecule has 0 aromatic rings. The molecular weight excluding hydrogens is 162 g/mol. The van der Waals surface area contributed by atoms with Crippen molar-refractivity contribution in [2.75, 3.05) is 7.05 Å². The molecule has 2 heteroatoms. The van der Waals surface area contributed by atoms with Crippen LogP contribution in [0.25, 0.3) is 0 Å². The topological polar surface area (TPSA) is 29.1 Å². The summed E-state index contributed by atoms with van der Waals surface area (Å²) in [7, 11) is 1.79. The van der Waals surface area contributed by atoms with Crippen molar-refractivity contribution < 1.29 is 4.79 Å². The van der Waals surface area contributed by atoms with Gasteiger partial charge in [0.15, 0.2) is 5.78 Å². The standard InChI is InChI=1S/C11H17NO/c1-5-8-10(12-4)9(6-2)11(13)7-3/h5-6,8,12H,1,7H2,2-4H3/b9-6+,10-8+. The van der Waals surface area contributed by atoms with E-state index in [-0.39, 0.29) is 5.78 Å². The summed E-state index contributed by atoms with van der Waals surface area (Å²) < 4.78 is 0. The number of carbonyl (C=O) groups excluding carboxylic acids is 1. The van der Waals surface area contributed by atoms with Crippen LogP contribution < -0.4 is 5.32 Å². The van der Waals surface area contributed by atoms with Gasteiger partial charge in [0.05, 0.1) is 0 Å². The molecule has 0 aromatic heterocycles. The van der Waals surface area contributed by atoms with E-state index < -0.39 is 0 Å². The van der Waals surface area contributed by atoms with Crippen LogP contribution in [0.4, 0.5) is 0 Å². The Balaban J connectivity index is 4.86. The third-order valence-corrected chi connectivity index (χ3v) is 1.75. The van der Waals surface area contributed by atoms with Crippen LogP contribution >= 0.6 is 0 Å². The van der Waals surface area contributed by atoms with Crippen LogP contribution in [0, 0.1) is 0 Å². The highest BCUT2D eigenvalue weighted by molar-refractivity contribution is 5.99. The summed E-state index contributed by atoms with van der Waals surface area (Å²) in [5.41, 5.74) is 1.55. The van der Waals surface area contributed by atoms with Crippen molar-refractivity contribution in [1.82, 2.24) is 5.32 Å². The highest BCUT2D eigenvalue weighted by atomic mass is 16.1. The largest absolute Gasteiger partial charge is 0.388 e. The van der Waals surface area contributed by atoms with E-state index in [0.29, 0.717) is 6.42 Å². The Bertz CT molecular complexity index is 249.